The van der Waals surface area contributed by atoms with Crippen LogP contribution in [0.1, 0.15) is 23.5 Å². The predicted octanol–water partition coefficient (Wildman–Crippen LogP) is 5.07. The second-order valence-corrected chi connectivity index (χ2v) is 8.08. The van der Waals surface area contributed by atoms with Crippen molar-refractivity contribution >= 4 is 23.0 Å². The molecule has 6 nitrogen and oxygen atoms in total. The van der Waals surface area contributed by atoms with Crippen molar-refractivity contribution in [2.75, 3.05) is 19.1 Å². The molecule has 0 spiro atoms. The smallest absolute Gasteiger partial charge is 0.174 e. The molecule has 166 valence electrons. The van der Waals surface area contributed by atoms with E-state index in [0.717, 1.165) is 34.3 Å². The van der Waals surface area contributed by atoms with Crippen molar-refractivity contribution in [3.63, 3.8) is 0 Å². The van der Waals surface area contributed by atoms with Gasteiger partial charge in [-0.2, -0.15) is 0 Å². The van der Waals surface area contributed by atoms with E-state index < -0.39 is 0 Å². The molecular weight excluding hydrogens is 432 g/mol. The summed E-state index contributed by atoms with van der Waals surface area (Å²) in [6.07, 6.45) is 3.88. The summed E-state index contributed by atoms with van der Waals surface area (Å²) in [6, 6.07) is 25.9. The number of hydrogen-bond donors (Lipinski definition) is 1. The van der Waals surface area contributed by atoms with E-state index in [9.17, 15) is 0 Å². The average Bonchev–Trinajstić information content (AvgIpc) is 3.49. The Kier molecular flexibility index (Phi) is 5.71. The molecule has 1 saturated heterocycles. The molecule has 33 heavy (non-hydrogen) atoms. The van der Waals surface area contributed by atoms with E-state index in [0.29, 0.717) is 5.11 Å². The molecule has 0 radical (unpaired) electrons. The first-order valence-electron chi connectivity index (χ1n) is 10.7. The van der Waals surface area contributed by atoms with Crippen LogP contribution in [0.15, 0.2) is 91.3 Å². The number of ether oxygens (including phenoxy) is 2. The average molecular weight is 457 g/mol. The van der Waals surface area contributed by atoms with Crippen molar-refractivity contribution < 1.29 is 9.47 Å². The number of pyridine rings is 1. The van der Waals surface area contributed by atoms with Crippen molar-refractivity contribution in [1.29, 1.82) is 0 Å². The maximum Gasteiger partial charge on any atom is 0.174 e. The highest BCUT2D eigenvalue weighted by molar-refractivity contribution is 7.80. The highest BCUT2D eigenvalue weighted by Crippen LogP contribution is 2.42. The van der Waals surface area contributed by atoms with Crippen molar-refractivity contribution in [3.05, 3.63) is 103 Å². The zero-order valence-electron chi connectivity index (χ0n) is 18.4. The van der Waals surface area contributed by atoms with E-state index in [-0.39, 0.29) is 12.1 Å². The lowest BCUT2D eigenvalue weighted by Crippen LogP contribution is -2.30. The van der Waals surface area contributed by atoms with E-state index in [1.165, 1.54) is 0 Å². The van der Waals surface area contributed by atoms with Crippen LogP contribution in [0.2, 0.25) is 0 Å². The van der Waals surface area contributed by atoms with E-state index >= 15 is 0 Å². The van der Waals surface area contributed by atoms with Crippen molar-refractivity contribution in [2.45, 2.75) is 12.1 Å². The number of thiocarbonyl (C=S) groups is 1. The SMILES string of the molecule is COc1ccc(N2C(=S)N[C@@H](c3ccccn3)[C@@H]2c2cccn2-c2ccc(OC)cc2)cc1. The Morgan fingerprint density at radius 3 is 2.09 bits per heavy atom. The van der Waals surface area contributed by atoms with Crippen LogP contribution in [0, 0.1) is 0 Å². The monoisotopic (exact) mass is 456 g/mol. The lowest BCUT2D eigenvalue weighted by atomic mass is 10.0. The van der Waals surface area contributed by atoms with Crippen LogP contribution in [0.5, 0.6) is 11.5 Å². The van der Waals surface area contributed by atoms with E-state index in [2.05, 4.69) is 50.2 Å². The minimum Gasteiger partial charge on any atom is -0.497 e. The van der Waals surface area contributed by atoms with Gasteiger partial charge in [0.25, 0.3) is 0 Å². The normalized spacial score (nSPS) is 17.6. The minimum atomic E-state index is -0.118. The maximum atomic E-state index is 5.83. The Labute approximate surface area is 198 Å². The molecule has 1 fully saturated rings. The molecule has 1 N–H and O–H groups in total. The van der Waals surface area contributed by atoms with Crippen LogP contribution in [-0.2, 0) is 0 Å². The van der Waals surface area contributed by atoms with Gasteiger partial charge in [0.1, 0.15) is 17.5 Å². The van der Waals surface area contributed by atoms with Crippen LogP contribution in [0.4, 0.5) is 5.69 Å². The number of aromatic nitrogens is 2. The molecule has 2 aromatic carbocycles. The van der Waals surface area contributed by atoms with Gasteiger partial charge in [0.05, 0.1) is 26.0 Å². The molecule has 0 aliphatic carbocycles. The second-order valence-electron chi connectivity index (χ2n) is 7.70. The first-order chi connectivity index (χ1) is 16.2. The summed E-state index contributed by atoms with van der Waals surface area (Å²) in [7, 11) is 3.34. The third-order valence-electron chi connectivity index (χ3n) is 5.88. The van der Waals surface area contributed by atoms with Crippen LogP contribution >= 0.6 is 12.2 Å². The Hall–Kier alpha value is -3.84. The molecule has 5 rings (SSSR count). The van der Waals surface area contributed by atoms with Gasteiger partial charge in [0, 0.05) is 29.5 Å². The summed E-state index contributed by atoms with van der Waals surface area (Å²) in [5, 5.41) is 4.17. The van der Waals surface area contributed by atoms with E-state index in [1.54, 1.807) is 14.2 Å². The van der Waals surface area contributed by atoms with Gasteiger partial charge in [0.15, 0.2) is 5.11 Å². The molecule has 1 aliphatic rings. The Morgan fingerprint density at radius 1 is 0.818 bits per heavy atom. The van der Waals surface area contributed by atoms with Crippen LogP contribution in [0.25, 0.3) is 5.69 Å². The molecule has 3 heterocycles. The molecule has 2 aromatic heterocycles. The number of benzene rings is 2. The maximum absolute atomic E-state index is 5.83. The van der Waals surface area contributed by atoms with Crippen molar-refractivity contribution in [1.82, 2.24) is 14.9 Å². The standard InChI is InChI=1S/C26H24N4O2S/c1-31-20-12-8-18(9-13-20)29-17-5-7-23(29)25-24(22-6-3-4-16-27-22)28-26(33)30(25)19-10-14-21(32-2)15-11-19/h3-17,24-25H,1-2H3,(H,28,33)/t24-,25-/m0/s1. The number of nitrogens with one attached hydrogen (secondary N) is 1. The fourth-order valence-corrected chi connectivity index (χ4v) is 4.64. The Bertz CT molecular complexity index is 1240. The van der Waals surface area contributed by atoms with Crippen LogP contribution < -0.4 is 19.7 Å². The number of anilines is 1. The summed E-state index contributed by atoms with van der Waals surface area (Å²) >= 11 is 5.83. The largest absolute Gasteiger partial charge is 0.497 e. The number of hydrogen-bond acceptors (Lipinski definition) is 4. The molecule has 0 amide bonds. The van der Waals surface area contributed by atoms with Gasteiger partial charge in [0.2, 0.25) is 0 Å². The van der Waals surface area contributed by atoms with Crippen LogP contribution in [0.3, 0.4) is 0 Å². The second kappa shape index (κ2) is 8.96. The van der Waals surface area contributed by atoms with E-state index in [1.807, 2.05) is 60.8 Å². The zero-order valence-corrected chi connectivity index (χ0v) is 19.2. The van der Waals surface area contributed by atoms with Gasteiger partial charge in [-0.25, -0.2) is 0 Å². The van der Waals surface area contributed by atoms with E-state index in [4.69, 9.17) is 21.7 Å². The molecule has 2 atom stereocenters. The number of rotatable bonds is 6. The summed E-state index contributed by atoms with van der Waals surface area (Å²) in [4.78, 5) is 6.80. The third-order valence-corrected chi connectivity index (χ3v) is 6.20. The lowest BCUT2D eigenvalue weighted by Gasteiger charge is -2.29. The molecule has 4 aromatic rings. The fraction of sp³-hybridized carbons (Fsp3) is 0.154. The molecular formula is C26H24N4O2S. The molecule has 1 aliphatic heterocycles. The highest BCUT2D eigenvalue weighted by Gasteiger charge is 2.42. The predicted molar refractivity (Wildman–Crippen MR) is 133 cm³/mol. The van der Waals surface area contributed by atoms with Crippen molar-refractivity contribution in [2.24, 2.45) is 0 Å². The quantitative estimate of drug-likeness (QED) is 0.409. The topological polar surface area (TPSA) is 51.5 Å². The minimum absolute atomic E-state index is 0.113. The summed E-state index contributed by atoms with van der Waals surface area (Å²) in [5.41, 5.74) is 4.06. The fourth-order valence-electron chi connectivity index (χ4n) is 4.29. The number of nitrogens with zero attached hydrogens (tertiary/aromatic N) is 3. The lowest BCUT2D eigenvalue weighted by molar-refractivity contribution is 0.414. The van der Waals surface area contributed by atoms with Crippen LogP contribution in [-0.4, -0.2) is 28.9 Å². The van der Waals surface area contributed by atoms with Gasteiger partial charge in [-0.05, 0) is 85.0 Å². The third kappa shape index (κ3) is 3.91. The van der Waals surface area contributed by atoms with Gasteiger partial charge in [-0.1, -0.05) is 6.07 Å². The number of methoxy groups -OCH3 is 2. The van der Waals surface area contributed by atoms with Gasteiger partial charge < -0.3 is 24.3 Å². The first kappa shape index (κ1) is 21.0. The molecule has 0 saturated carbocycles. The molecule has 0 bridgehead atoms. The van der Waals surface area contributed by atoms with Gasteiger partial charge in [-0.3, -0.25) is 4.98 Å². The molecule has 0 unspecified atom stereocenters. The molecule has 7 heteroatoms. The Morgan fingerprint density at radius 2 is 1.48 bits per heavy atom. The Balaban J connectivity index is 1.62. The first-order valence-corrected chi connectivity index (χ1v) is 11.1. The van der Waals surface area contributed by atoms with Crippen molar-refractivity contribution in [3.8, 4) is 17.2 Å². The van der Waals surface area contributed by atoms with Gasteiger partial charge in [-0.15, -0.1) is 0 Å². The summed E-state index contributed by atoms with van der Waals surface area (Å²) in [5.74, 6) is 1.62. The zero-order chi connectivity index (χ0) is 22.8. The summed E-state index contributed by atoms with van der Waals surface area (Å²) in [6.45, 7) is 0. The van der Waals surface area contributed by atoms with Gasteiger partial charge >= 0.3 is 0 Å². The highest BCUT2D eigenvalue weighted by atomic mass is 32.1. The summed E-state index contributed by atoms with van der Waals surface area (Å²) < 4.78 is 12.9.